The molecule has 1 fully saturated rings. The van der Waals surface area contributed by atoms with Gasteiger partial charge in [-0.05, 0) is 18.2 Å². The van der Waals surface area contributed by atoms with E-state index in [4.69, 9.17) is 4.74 Å². The summed E-state index contributed by atoms with van der Waals surface area (Å²) in [4.78, 5) is 3.99. The van der Waals surface area contributed by atoms with Crippen LogP contribution in [0.15, 0.2) is 30.5 Å². The Morgan fingerprint density at radius 3 is 2.46 bits per heavy atom. The molecule has 0 N–H and O–H groups in total. The van der Waals surface area contributed by atoms with Gasteiger partial charge in [0.2, 0.25) is 5.88 Å². The highest BCUT2D eigenvalue weighted by molar-refractivity contribution is 5.59. The van der Waals surface area contributed by atoms with E-state index in [9.17, 15) is 22.0 Å². The van der Waals surface area contributed by atoms with Gasteiger partial charge >= 0.3 is 6.18 Å². The summed E-state index contributed by atoms with van der Waals surface area (Å²) in [5, 5.41) is 10.4. The van der Waals surface area contributed by atoms with E-state index in [1.807, 2.05) is 0 Å². The maximum absolute atomic E-state index is 12.9. The summed E-state index contributed by atoms with van der Waals surface area (Å²) in [7, 11) is 0. The quantitative estimate of drug-likeness (QED) is 0.661. The Morgan fingerprint density at radius 1 is 1.08 bits per heavy atom. The van der Waals surface area contributed by atoms with Gasteiger partial charge in [-0.2, -0.15) is 22.8 Å². The minimum absolute atomic E-state index is 0.0418. The van der Waals surface area contributed by atoms with Crippen molar-refractivity contribution in [2.24, 2.45) is 0 Å². The van der Waals surface area contributed by atoms with E-state index in [0.717, 1.165) is 0 Å². The molecule has 0 amide bonds. The Hall–Kier alpha value is -2.85. The molecule has 1 saturated carbocycles. The van der Waals surface area contributed by atoms with E-state index in [-0.39, 0.29) is 30.1 Å². The number of fused-ring (bicyclic) bond motifs is 1. The van der Waals surface area contributed by atoms with Crippen LogP contribution in [0.3, 0.4) is 0 Å². The van der Waals surface area contributed by atoms with Gasteiger partial charge < -0.3 is 4.74 Å². The van der Waals surface area contributed by atoms with Gasteiger partial charge in [0.25, 0.3) is 11.7 Å². The van der Waals surface area contributed by atoms with E-state index < -0.39 is 24.0 Å². The van der Waals surface area contributed by atoms with Crippen molar-refractivity contribution in [1.29, 1.82) is 0 Å². The van der Waals surface area contributed by atoms with Crippen molar-refractivity contribution in [2.45, 2.75) is 31.0 Å². The Morgan fingerprint density at radius 2 is 1.85 bits per heavy atom. The van der Waals surface area contributed by atoms with Crippen LogP contribution in [0.4, 0.5) is 22.0 Å². The van der Waals surface area contributed by atoms with E-state index in [1.165, 1.54) is 30.5 Å². The lowest BCUT2D eigenvalue weighted by molar-refractivity contribution is -0.146. The van der Waals surface area contributed by atoms with Gasteiger partial charge in [-0.3, -0.25) is 0 Å². The maximum atomic E-state index is 12.9. The average Bonchev–Trinajstić information content (AvgIpc) is 2.97. The van der Waals surface area contributed by atoms with Crippen LogP contribution >= 0.6 is 0 Å². The lowest BCUT2D eigenvalue weighted by atomic mass is 9.91. The van der Waals surface area contributed by atoms with Crippen LogP contribution in [0.5, 0.6) is 5.88 Å². The summed E-state index contributed by atoms with van der Waals surface area (Å²) < 4.78 is 70.2. The molecule has 0 spiro atoms. The highest BCUT2D eigenvalue weighted by atomic mass is 19.4. The second-order valence-corrected chi connectivity index (χ2v) is 5.90. The van der Waals surface area contributed by atoms with Gasteiger partial charge in [-0.15, -0.1) is 10.2 Å². The molecule has 1 aliphatic rings. The number of rotatable bonds is 3. The van der Waals surface area contributed by atoms with Crippen LogP contribution in [0, 0.1) is 0 Å². The van der Waals surface area contributed by atoms with Gasteiger partial charge in [0.1, 0.15) is 6.10 Å². The fourth-order valence-electron chi connectivity index (χ4n) is 2.58. The van der Waals surface area contributed by atoms with Gasteiger partial charge in [0.05, 0.1) is 5.69 Å². The van der Waals surface area contributed by atoms with Crippen LogP contribution < -0.4 is 4.74 Å². The van der Waals surface area contributed by atoms with Crippen LogP contribution in [-0.2, 0) is 6.18 Å². The molecule has 0 saturated heterocycles. The first-order valence-corrected chi connectivity index (χ1v) is 7.52. The zero-order chi connectivity index (χ0) is 18.5. The average molecular weight is 371 g/mol. The summed E-state index contributed by atoms with van der Waals surface area (Å²) in [5.74, 6) is -3.76. The first-order valence-electron chi connectivity index (χ1n) is 7.52. The molecule has 3 heterocycles. The number of halogens is 5. The highest BCUT2D eigenvalue weighted by Crippen LogP contribution is 2.39. The molecular weight excluding hydrogens is 361 g/mol. The fraction of sp³-hybridized carbons (Fsp3) is 0.333. The predicted octanol–water partition coefficient (Wildman–Crippen LogP) is 3.38. The third kappa shape index (κ3) is 3.04. The first-order chi connectivity index (χ1) is 12.2. The summed E-state index contributed by atoms with van der Waals surface area (Å²) in [6, 6.07) is 5.82. The lowest BCUT2D eigenvalue weighted by Crippen LogP contribution is -2.43. The van der Waals surface area contributed by atoms with Crippen LogP contribution in [0.1, 0.15) is 18.7 Å². The topological polar surface area (TPSA) is 65.2 Å². The Balaban J connectivity index is 1.57. The molecule has 0 aromatic carbocycles. The second-order valence-electron chi connectivity index (χ2n) is 5.90. The fourth-order valence-corrected chi connectivity index (χ4v) is 2.58. The number of aromatic nitrogens is 5. The van der Waals surface area contributed by atoms with E-state index >= 15 is 0 Å². The summed E-state index contributed by atoms with van der Waals surface area (Å²) in [5.41, 5.74) is 0.608. The lowest BCUT2D eigenvalue weighted by Gasteiger charge is -2.34. The number of hydrogen-bond donors (Lipinski definition) is 0. The minimum atomic E-state index is -4.69. The molecule has 0 bridgehead atoms. The summed E-state index contributed by atoms with van der Waals surface area (Å²) in [6.07, 6.45) is -4.65. The van der Waals surface area contributed by atoms with Crippen LogP contribution in [-0.4, -0.2) is 36.8 Å². The smallest absolute Gasteiger partial charge is 0.453 e. The third-order valence-corrected chi connectivity index (χ3v) is 3.89. The van der Waals surface area contributed by atoms with Crippen molar-refractivity contribution in [1.82, 2.24) is 24.8 Å². The number of nitrogens with zero attached hydrogens (tertiary/aromatic N) is 5. The summed E-state index contributed by atoms with van der Waals surface area (Å²) >= 11 is 0. The monoisotopic (exact) mass is 371 g/mol. The van der Waals surface area contributed by atoms with Crippen molar-refractivity contribution in [3.8, 4) is 17.1 Å². The first kappa shape index (κ1) is 16.6. The zero-order valence-corrected chi connectivity index (χ0v) is 12.9. The van der Waals surface area contributed by atoms with Crippen molar-refractivity contribution in [2.75, 3.05) is 0 Å². The molecule has 3 aromatic heterocycles. The van der Waals surface area contributed by atoms with Gasteiger partial charge in [0.15, 0.2) is 5.65 Å². The molecule has 11 heteroatoms. The molecule has 1 aliphatic carbocycles. The van der Waals surface area contributed by atoms with Crippen molar-refractivity contribution < 1.29 is 26.7 Å². The molecule has 0 radical (unpaired) electrons. The number of alkyl halides is 5. The van der Waals surface area contributed by atoms with Crippen molar-refractivity contribution >= 4 is 5.65 Å². The SMILES string of the molecule is FC1(F)CC(Oc2ccc(-c3ccc4nnc(C(F)(F)F)n4n3)cn2)C1. The van der Waals surface area contributed by atoms with E-state index in [0.29, 0.717) is 10.1 Å². The molecule has 4 rings (SSSR count). The van der Waals surface area contributed by atoms with E-state index in [2.05, 4.69) is 20.3 Å². The molecule has 6 nitrogen and oxygen atoms in total. The number of pyridine rings is 1. The molecular formula is C15H10F5N5O. The van der Waals surface area contributed by atoms with Gasteiger partial charge in [-0.25, -0.2) is 13.8 Å². The number of hydrogen-bond acceptors (Lipinski definition) is 5. The zero-order valence-electron chi connectivity index (χ0n) is 12.9. The van der Waals surface area contributed by atoms with Crippen molar-refractivity contribution in [3.05, 3.63) is 36.3 Å². The maximum Gasteiger partial charge on any atom is 0.453 e. The minimum Gasteiger partial charge on any atom is -0.474 e. The second kappa shape index (κ2) is 5.58. The van der Waals surface area contributed by atoms with Gasteiger partial charge in [0, 0.05) is 30.7 Å². The van der Waals surface area contributed by atoms with E-state index in [1.54, 1.807) is 0 Å². The molecule has 26 heavy (non-hydrogen) atoms. The highest BCUT2D eigenvalue weighted by Gasteiger charge is 2.47. The van der Waals surface area contributed by atoms with Crippen molar-refractivity contribution in [3.63, 3.8) is 0 Å². The molecule has 3 aromatic rings. The number of ether oxygens (including phenoxy) is 1. The molecule has 0 unspecified atom stereocenters. The molecule has 0 aliphatic heterocycles. The standard InChI is InChI=1S/C15H10F5N5O/c16-14(17)5-9(6-14)26-12-4-1-8(7-21-12)10-2-3-11-22-23-13(15(18,19)20)25(11)24-10/h1-4,7,9H,5-6H2. The largest absolute Gasteiger partial charge is 0.474 e. The van der Waals surface area contributed by atoms with Gasteiger partial charge in [-0.1, -0.05) is 0 Å². The Bertz CT molecular complexity index is 945. The Labute approximate surface area is 142 Å². The summed E-state index contributed by atoms with van der Waals surface area (Å²) in [6.45, 7) is 0. The molecule has 0 atom stereocenters. The predicted molar refractivity (Wildman–Crippen MR) is 77.6 cm³/mol. The van der Waals surface area contributed by atoms with Crippen LogP contribution in [0.2, 0.25) is 0 Å². The van der Waals surface area contributed by atoms with Crippen LogP contribution in [0.25, 0.3) is 16.9 Å². The third-order valence-electron chi connectivity index (χ3n) is 3.89. The normalized spacial score (nSPS) is 17.3. The Kier molecular flexibility index (Phi) is 3.56. The molecule has 136 valence electrons.